The topological polar surface area (TPSA) is 26.3 Å². The van der Waals surface area contributed by atoms with E-state index < -0.39 is 0 Å². The Bertz CT molecular complexity index is 411. The van der Waals surface area contributed by atoms with Gasteiger partial charge in [-0.2, -0.15) is 0 Å². The maximum absolute atomic E-state index is 11.7. The SMILES string of the molecule is CCOC(=O)c1cccc([C@@H]2CCCC[C@@H]2C)c1. The molecule has 1 fully saturated rings. The van der Waals surface area contributed by atoms with Gasteiger partial charge in [-0.15, -0.1) is 0 Å². The first kappa shape index (κ1) is 13.1. The van der Waals surface area contributed by atoms with Gasteiger partial charge in [-0.1, -0.05) is 38.3 Å². The Morgan fingerprint density at radius 3 is 2.83 bits per heavy atom. The lowest BCUT2D eigenvalue weighted by molar-refractivity contribution is 0.0526. The van der Waals surface area contributed by atoms with Gasteiger partial charge in [-0.25, -0.2) is 4.79 Å². The molecule has 0 bridgehead atoms. The molecule has 18 heavy (non-hydrogen) atoms. The van der Waals surface area contributed by atoms with E-state index in [9.17, 15) is 4.79 Å². The third kappa shape index (κ3) is 2.92. The number of hydrogen-bond donors (Lipinski definition) is 0. The molecule has 1 aromatic rings. The summed E-state index contributed by atoms with van der Waals surface area (Å²) in [5.74, 6) is 1.12. The van der Waals surface area contributed by atoms with Gasteiger partial charge in [0.25, 0.3) is 0 Å². The van der Waals surface area contributed by atoms with E-state index in [0.29, 0.717) is 18.1 Å². The lowest BCUT2D eigenvalue weighted by Crippen LogP contribution is -2.15. The van der Waals surface area contributed by atoms with Gasteiger partial charge in [0.15, 0.2) is 0 Å². The van der Waals surface area contributed by atoms with Gasteiger partial charge in [0, 0.05) is 0 Å². The Morgan fingerprint density at radius 2 is 2.11 bits per heavy atom. The van der Waals surface area contributed by atoms with Crippen LogP contribution in [0.2, 0.25) is 0 Å². The normalized spacial score (nSPS) is 23.7. The quantitative estimate of drug-likeness (QED) is 0.749. The first-order valence-corrected chi connectivity index (χ1v) is 6.99. The first-order valence-electron chi connectivity index (χ1n) is 6.99. The monoisotopic (exact) mass is 246 g/mol. The molecule has 0 N–H and O–H groups in total. The van der Waals surface area contributed by atoms with Crippen molar-refractivity contribution in [2.24, 2.45) is 5.92 Å². The molecule has 98 valence electrons. The summed E-state index contributed by atoms with van der Waals surface area (Å²) in [6, 6.07) is 7.98. The minimum absolute atomic E-state index is 0.206. The summed E-state index contributed by atoms with van der Waals surface area (Å²) in [5, 5.41) is 0. The summed E-state index contributed by atoms with van der Waals surface area (Å²) in [4.78, 5) is 11.7. The van der Waals surface area contributed by atoms with Gasteiger partial charge in [0.05, 0.1) is 12.2 Å². The number of benzene rings is 1. The lowest BCUT2D eigenvalue weighted by Gasteiger charge is -2.29. The molecule has 2 nitrogen and oxygen atoms in total. The maximum Gasteiger partial charge on any atom is 0.338 e. The Hall–Kier alpha value is -1.31. The molecule has 1 aliphatic rings. The van der Waals surface area contributed by atoms with E-state index in [4.69, 9.17) is 4.74 Å². The summed E-state index contributed by atoms with van der Waals surface area (Å²) in [5.41, 5.74) is 1.99. The summed E-state index contributed by atoms with van der Waals surface area (Å²) < 4.78 is 5.06. The Balaban J connectivity index is 2.18. The highest BCUT2D eigenvalue weighted by atomic mass is 16.5. The second kappa shape index (κ2) is 6.03. The zero-order valence-corrected chi connectivity index (χ0v) is 11.3. The van der Waals surface area contributed by atoms with Gasteiger partial charge in [-0.05, 0) is 42.9 Å². The Kier molecular flexibility index (Phi) is 4.40. The molecule has 1 aliphatic carbocycles. The summed E-state index contributed by atoms with van der Waals surface area (Å²) in [7, 11) is 0. The van der Waals surface area contributed by atoms with Crippen LogP contribution in [0.5, 0.6) is 0 Å². The number of rotatable bonds is 3. The standard InChI is InChI=1S/C16H22O2/c1-3-18-16(17)14-9-6-8-13(11-14)15-10-5-4-7-12(15)2/h6,8-9,11-12,15H,3-5,7,10H2,1-2H3/t12-,15+/m0/s1. The summed E-state index contributed by atoms with van der Waals surface area (Å²) >= 11 is 0. The van der Waals surface area contributed by atoms with Crippen molar-refractivity contribution in [3.63, 3.8) is 0 Å². The number of esters is 1. The minimum Gasteiger partial charge on any atom is -0.462 e. The van der Waals surface area contributed by atoms with Crippen LogP contribution in [0.4, 0.5) is 0 Å². The van der Waals surface area contributed by atoms with E-state index >= 15 is 0 Å². The highest BCUT2D eigenvalue weighted by Gasteiger charge is 2.23. The van der Waals surface area contributed by atoms with Crippen molar-refractivity contribution in [2.45, 2.75) is 45.4 Å². The third-order valence-corrected chi connectivity index (χ3v) is 3.94. The van der Waals surface area contributed by atoms with E-state index in [0.717, 1.165) is 5.92 Å². The van der Waals surface area contributed by atoms with E-state index in [1.165, 1.54) is 31.2 Å². The van der Waals surface area contributed by atoms with Crippen LogP contribution in [-0.4, -0.2) is 12.6 Å². The van der Waals surface area contributed by atoms with Crippen LogP contribution in [0.1, 0.15) is 61.4 Å². The van der Waals surface area contributed by atoms with Gasteiger partial charge < -0.3 is 4.74 Å². The number of carbonyl (C=O) groups is 1. The average molecular weight is 246 g/mol. The van der Waals surface area contributed by atoms with Gasteiger partial charge >= 0.3 is 5.97 Å². The zero-order valence-electron chi connectivity index (χ0n) is 11.3. The molecule has 0 spiro atoms. The third-order valence-electron chi connectivity index (χ3n) is 3.94. The molecule has 0 radical (unpaired) electrons. The van der Waals surface area contributed by atoms with Crippen molar-refractivity contribution in [3.8, 4) is 0 Å². The minimum atomic E-state index is -0.206. The smallest absolute Gasteiger partial charge is 0.338 e. The summed E-state index contributed by atoms with van der Waals surface area (Å²) in [6.45, 7) is 4.59. The molecule has 0 saturated heterocycles. The molecule has 0 heterocycles. The van der Waals surface area contributed by atoms with Crippen molar-refractivity contribution in [1.29, 1.82) is 0 Å². The fraction of sp³-hybridized carbons (Fsp3) is 0.562. The molecular weight excluding hydrogens is 224 g/mol. The maximum atomic E-state index is 11.7. The molecule has 1 saturated carbocycles. The number of carbonyl (C=O) groups excluding carboxylic acids is 1. The predicted octanol–water partition coefficient (Wildman–Crippen LogP) is 4.16. The molecule has 2 heteroatoms. The molecule has 2 atom stereocenters. The van der Waals surface area contributed by atoms with E-state index in [-0.39, 0.29) is 5.97 Å². The first-order chi connectivity index (χ1) is 8.72. The van der Waals surface area contributed by atoms with E-state index in [1.807, 2.05) is 25.1 Å². The lowest BCUT2D eigenvalue weighted by atomic mass is 9.76. The van der Waals surface area contributed by atoms with Crippen molar-refractivity contribution in [3.05, 3.63) is 35.4 Å². The zero-order chi connectivity index (χ0) is 13.0. The highest BCUT2D eigenvalue weighted by molar-refractivity contribution is 5.89. The second-order valence-electron chi connectivity index (χ2n) is 5.21. The molecule has 0 aromatic heterocycles. The van der Waals surface area contributed by atoms with Gasteiger partial charge in [0.1, 0.15) is 0 Å². The fourth-order valence-electron chi connectivity index (χ4n) is 2.92. The van der Waals surface area contributed by atoms with Gasteiger partial charge in [0.2, 0.25) is 0 Å². The summed E-state index contributed by atoms with van der Waals surface area (Å²) in [6.07, 6.45) is 5.19. The van der Waals surface area contributed by atoms with E-state index in [1.54, 1.807) is 0 Å². The average Bonchev–Trinajstić information content (AvgIpc) is 2.40. The van der Waals surface area contributed by atoms with E-state index in [2.05, 4.69) is 13.0 Å². The predicted molar refractivity (Wildman–Crippen MR) is 72.8 cm³/mol. The van der Waals surface area contributed by atoms with Crippen molar-refractivity contribution < 1.29 is 9.53 Å². The van der Waals surface area contributed by atoms with Crippen LogP contribution in [-0.2, 0) is 4.74 Å². The molecule has 0 amide bonds. The number of hydrogen-bond acceptors (Lipinski definition) is 2. The van der Waals surface area contributed by atoms with Crippen molar-refractivity contribution in [2.75, 3.05) is 6.61 Å². The van der Waals surface area contributed by atoms with Crippen molar-refractivity contribution >= 4 is 5.97 Å². The number of ether oxygens (including phenoxy) is 1. The van der Waals surface area contributed by atoms with Crippen molar-refractivity contribution in [1.82, 2.24) is 0 Å². The van der Waals surface area contributed by atoms with Crippen LogP contribution >= 0.6 is 0 Å². The second-order valence-corrected chi connectivity index (χ2v) is 5.21. The van der Waals surface area contributed by atoms with Crippen LogP contribution in [0.15, 0.2) is 24.3 Å². The highest BCUT2D eigenvalue weighted by Crippen LogP contribution is 2.37. The molecule has 2 rings (SSSR count). The van der Waals surface area contributed by atoms with Crippen LogP contribution in [0.3, 0.4) is 0 Å². The van der Waals surface area contributed by atoms with Crippen LogP contribution in [0, 0.1) is 5.92 Å². The molecular formula is C16H22O2. The molecule has 0 unspecified atom stereocenters. The van der Waals surface area contributed by atoms with Gasteiger partial charge in [-0.3, -0.25) is 0 Å². The Morgan fingerprint density at radius 1 is 1.33 bits per heavy atom. The Labute approximate surface area is 109 Å². The molecule has 0 aliphatic heterocycles. The molecule has 1 aromatic carbocycles. The largest absolute Gasteiger partial charge is 0.462 e. The fourth-order valence-corrected chi connectivity index (χ4v) is 2.92. The van der Waals surface area contributed by atoms with Crippen LogP contribution in [0.25, 0.3) is 0 Å². The van der Waals surface area contributed by atoms with Crippen LogP contribution < -0.4 is 0 Å².